The van der Waals surface area contributed by atoms with E-state index in [1.54, 1.807) is 4.90 Å². The third-order valence-corrected chi connectivity index (χ3v) is 4.72. The number of carbonyl (C=O) groups excluding carboxylic acids is 2. The summed E-state index contributed by atoms with van der Waals surface area (Å²) in [4.78, 5) is 28.7. The predicted molar refractivity (Wildman–Crippen MR) is 97.1 cm³/mol. The molecule has 124 valence electrons. The molecule has 1 aliphatic rings. The van der Waals surface area contributed by atoms with Crippen LogP contribution in [-0.2, 0) is 0 Å². The first-order chi connectivity index (χ1) is 11.5. The maximum Gasteiger partial charge on any atom is 0.254 e. The molecule has 0 unspecified atom stereocenters. The van der Waals surface area contributed by atoms with Crippen molar-refractivity contribution in [2.75, 3.05) is 26.2 Å². The van der Waals surface area contributed by atoms with Gasteiger partial charge in [-0.3, -0.25) is 9.59 Å². The third kappa shape index (κ3) is 3.67. The van der Waals surface area contributed by atoms with Gasteiger partial charge in [-0.2, -0.15) is 0 Å². The van der Waals surface area contributed by atoms with Gasteiger partial charge in [0, 0.05) is 41.8 Å². The predicted octanol–water partition coefficient (Wildman–Crippen LogP) is 3.36. The first-order valence-corrected chi connectivity index (χ1v) is 8.75. The van der Waals surface area contributed by atoms with Gasteiger partial charge in [-0.25, -0.2) is 0 Å². The second-order valence-electron chi connectivity index (χ2n) is 5.96. The van der Waals surface area contributed by atoms with E-state index in [1.165, 1.54) is 0 Å². The zero-order chi connectivity index (χ0) is 17.1. The fourth-order valence-corrected chi connectivity index (χ4v) is 3.19. The molecular weight excluding hydrogens is 368 g/mol. The Morgan fingerprint density at radius 3 is 1.92 bits per heavy atom. The van der Waals surface area contributed by atoms with Crippen LogP contribution in [0.25, 0.3) is 0 Å². The first kappa shape index (κ1) is 16.7. The summed E-state index contributed by atoms with van der Waals surface area (Å²) >= 11 is 3.39. The summed E-state index contributed by atoms with van der Waals surface area (Å²) in [6.45, 7) is 4.24. The van der Waals surface area contributed by atoms with Crippen LogP contribution in [0.1, 0.15) is 26.3 Å². The fraction of sp³-hybridized carbons (Fsp3) is 0.263. The van der Waals surface area contributed by atoms with E-state index in [0.717, 1.165) is 10.0 Å². The van der Waals surface area contributed by atoms with Crippen LogP contribution in [0.3, 0.4) is 0 Å². The second-order valence-corrected chi connectivity index (χ2v) is 6.88. The van der Waals surface area contributed by atoms with Crippen LogP contribution in [0.4, 0.5) is 0 Å². The Morgan fingerprint density at radius 1 is 0.833 bits per heavy atom. The van der Waals surface area contributed by atoms with Gasteiger partial charge < -0.3 is 9.80 Å². The molecule has 0 aromatic heterocycles. The number of piperazine rings is 1. The molecular formula is C19H19BrN2O2. The lowest BCUT2D eigenvalue weighted by atomic mass is 10.1. The van der Waals surface area contributed by atoms with Gasteiger partial charge in [0.05, 0.1) is 0 Å². The zero-order valence-corrected chi connectivity index (χ0v) is 15.1. The molecule has 2 aromatic carbocycles. The number of carbonyl (C=O) groups is 2. The normalized spacial score (nSPS) is 14.6. The summed E-state index contributed by atoms with van der Waals surface area (Å²) in [6.07, 6.45) is 0. The maximum atomic E-state index is 12.5. The molecule has 0 radical (unpaired) electrons. The molecule has 24 heavy (non-hydrogen) atoms. The quantitative estimate of drug-likeness (QED) is 0.793. The van der Waals surface area contributed by atoms with Crippen LogP contribution in [0.5, 0.6) is 0 Å². The van der Waals surface area contributed by atoms with Crippen LogP contribution >= 0.6 is 15.9 Å². The number of halogens is 1. The summed E-state index contributed by atoms with van der Waals surface area (Å²) in [5.41, 5.74) is 2.51. The Labute approximate surface area is 150 Å². The molecule has 0 aliphatic carbocycles. The molecule has 4 nitrogen and oxygen atoms in total. The van der Waals surface area contributed by atoms with E-state index in [1.807, 2.05) is 60.4 Å². The molecule has 1 fully saturated rings. The first-order valence-electron chi connectivity index (χ1n) is 7.95. The van der Waals surface area contributed by atoms with Crippen LogP contribution < -0.4 is 0 Å². The summed E-state index contributed by atoms with van der Waals surface area (Å²) in [5.74, 6) is 0.0447. The van der Waals surface area contributed by atoms with Crippen molar-refractivity contribution >= 4 is 27.7 Å². The van der Waals surface area contributed by atoms with Gasteiger partial charge in [0.1, 0.15) is 0 Å². The standard InChI is InChI=1S/C19H19BrN2O2/c1-14-5-7-15(8-6-14)18(23)21-9-11-22(12-10-21)19(24)16-3-2-4-17(20)13-16/h2-8,13H,9-12H2,1H3. The molecule has 0 atom stereocenters. The van der Waals surface area contributed by atoms with E-state index < -0.39 is 0 Å². The molecule has 2 amide bonds. The summed E-state index contributed by atoms with van der Waals surface area (Å²) in [6, 6.07) is 15.0. The van der Waals surface area contributed by atoms with Gasteiger partial charge in [0.25, 0.3) is 11.8 Å². The van der Waals surface area contributed by atoms with Crippen molar-refractivity contribution < 1.29 is 9.59 Å². The minimum atomic E-state index is 0.0127. The average Bonchev–Trinajstić information content (AvgIpc) is 2.61. The third-order valence-electron chi connectivity index (χ3n) is 4.22. The van der Waals surface area contributed by atoms with E-state index in [-0.39, 0.29) is 11.8 Å². The SMILES string of the molecule is Cc1ccc(C(=O)N2CCN(C(=O)c3cccc(Br)c3)CC2)cc1. The van der Waals surface area contributed by atoms with E-state index in [0.29, 0.717) is 37.3 Å². The van der Waals surface area contributed by atoms with E-state index in [4.69, 9.17) is 0 Å². The Morgan fingerprint density at radius 2 is 1.38 bits per heavy atom. The van der Waals surface area contributed by atoms with E-state index >= 15 is 0 Å². The van der Waals surface area contributed by atoms with Crippen LogP contribution in [0.15, 0.2) is 53.0 Å². The molecule has 1 saturated heterocycles. The highest BCUT2D eigenvalue weighted by Crippen LogP contribution is 2.16. The number of amides is 2. The summed E-state index contributed by atoms with van der Waals surface area (Å²) < 4.78 is 0.890. The summed E-state index contributed by atoms with van der Waals surface area (Å²) in [5, 5.41) is 0. The van der Waals surface area contributed by atoms with Crippen LogP contribution in [-0.4, -0.2) is 47.8 Å². The lowest BCUT2D eigenvalue weighted by molar-refractivity contribution is 0.0535. The van der Waals surface area contributed by atoms with Gasteiger partial charge in [0.2, 0.25) is 0 Å². The van der Waals surface area contributed by atoms with Gasteiger partial charge in [-0.05, 0) is 37.3 Å². The van der Waals surface area contributed by atoms with Crippen molar-refractivity contribution in [3.8, 4) is 0 Å². The zero-order valence-electron chi connectivity index (χ0n) is 13.5. The monoisotopic (exact) mass is 386 g/mol. The topological polar surface area (TPSA) is 40.6 Å². The molecule has 0 saturated carbocycles. The molecule has 0 N–H and O–H groups in total. The van der Waals surface area contributed by atoms with Crippen LogP contribution in [0, 0.1) is 6.92 Å². The van der Waals surface area contributed by atoms with E-state index in [9.17, 15) is 9.59 Å². The highest BCUT2D eigenvalue weighted by atomic mass is 79.9. The smallest absolute Gasteiger partial charge is 0.254 e. The van der Waals surface area contributed by atoms with E-state index in [2.05, 4.69) is 15.9 Å². The summed E-state index contributed by atoms with van der Waals surface area (Å²) in [7, 11) is 0. The molecule has 0 bridgehead atoms. The number of aryl methyl sites for hydroxylation is 1. The van der Waals surface area contributed by atoms with Gasteiger partial charge in [-0.15, -0.1) is 0 Å². The Bertz CT molecular complexity index is 750. The van der Waals surface area contributed by atoms with Crippen molar-refractivity contribution in [2.45, 2.75) is 6.92 Å². The lowest BCUT2D eigenvalue weighted by Crippen LogP contribution is -2.50. The van der Waals surface area contributed by atoms with Crippen molar-refractivity contribution in [1.82, 2.24) is 9.80 Å². The number of hydrogen-bond donors (Lipinski definition) is 0. The number of rotatable bonds is 2. The number of hydrogen-bond acceptors (Lipinski definition) is 2. The lowest BCUT2D eigenvalue weighted by Gasteiger charge is -2.35. The van der Waals surface area contributed by atoms with Crippen molar-refractivity contribution in [2.24, 2.45) is 0 Å². The highest BCUT2D eigenvalue weighted by molar-refractivity contribution is 9.10. The second kappa shape index (κ2) is 7.18. The number of benzene rings is 2. The van der Waals surface area contributed by atoms with Crippen molar-refractivity contribution in [3.63, 3.8) is 0 Å². The largest absolute Gasteiger partial charge is 0.335 e. The molecule has 1 aliphatic heterocycles. The van der Waals surface area contributed by atoms with Crippen LogP contribution in [0.2, 0.25) is 0 Å². The average molecular weight is 387 g/mol. The Kier molecular flexibility index (Phi) is 5.00. The van der Waals surface area contributed by atoms with Gasteiger partial charge >= 0.3 is 0 Å². The maximum absolute atomic E-state index is 12.5. The Balaban J connectivity index is 1.62. The molecule has 3 rings (SSSR count). The van der Waals surface area contributed by atoms with Gasteiger partial charge in [-0.1, -0.05) is 39.7 Å². The minimum absolute atomic E-state index is 0.0127. The van der Waals surface area contributed by atoms with Crippen molar-refractivity contribution in [1.29, 1.82) is 0 Å². The molecule has 1 heterocycles. The molecule has 0 spiro atoms. The van der Waals surface area contributed by atoms with Crippen molar-refractivity contribution in [3.05, 3.63) is 69.7 Å². The molecule has 5 heteroatoms. The Hall–Kier alpha value is -2.14. The fourth-order valence-electron chi connectivity index (χ4n) is 2.80. The van der Waals surface area contributed by atoms with Gasteiger partial charge in [0.15, 0.2) is 0 Å². The number of nitrogens with zero attached hydrogens (tertiary/aromatic N) is 2. The highest BCUT2D eigenvalue weighted by Gasteiger charge is 2.25. The molecule has 2 aromatic rings. The minimum Gasteiger partial charge on any atom is -0.335 e.